The Morgan fingerprint density at radius 3 is 2.60 bits per heavy atom. The maximum Gasteiger partial charge on any atom is 0.257 e. The summed E-state index contributed by atoms with van der Waals surface area (Å²) in [6.45, 7) is 2.90. The Bertz CT molecular complexity index is 1030. The molecule has 1 fully saturated rings. The van der Waals surface area contributed by atoms with Crippen LogP contribution in [-0.2, 0) is 6.54 Å². The van der Waals surface area contributed by atoms with E-state index in [1.165, 1.54) is 13.2 Å². The van der Waals surface area contributed by atoms with Crippen LogP contribution < -0.4 is 4.74 Å². The summed E-state index contributed by atoms with van der Waals surface area (Å²) in [5.74, 6) is 1.30. The number of rotatable bonds is 5. The second kappa shape index (κ2) is 8.73. The van der Waals surface area contributed by atoms with Gasteiger partial charge in [0.05, 0.1) is 19.2 Å². The topological polar surface area (TPSA) is 91.9 Å². The lowest BCUT2D eigenvalue weighted by Crippen LogP contribution is -2.48. The van der Waals surface area contributed by atoms with Gasteiger partial charge in [0.2, 0.25) is 11.7 Å². The molecule has 0 radical (unpaired) electrons. The average Bonchev–Trinajstić information content (AvgIpc) is 3.23. The molecular formula is C21H21ClN4O4. The van der Waals surface area contributed by atoms with Gasteiger partial charge in [0.25, 0.3) is 5.91 Å². The normalized spacial score (nSPS) is 14.7. The molecule has 0 unspecified atom stereocenters. The van der Waals surface area contributed by atoms with Gasteiger partial charge < -0.3 is 19.3 Å². The summed E-state index contributed by atoms with van der Waals surface area (Å²) in [5.41, 5.74) is 1.08. The van der Waals surface area contributed by atoms with E-state index in [1.54, 1.807) is 29.2 Å². The summed E-state index contributed by atoms with van der Waals surface area (Å²) in [5, 5.41) is 14.7. The Kier molecular flexibility index (Phi) is 5.87. The molecule has 1 amide bonds. The molecule has 0 atom stereocenters. The van der Waals surface area contributed by atoms with Gasteiger partial charge in [0.15, 0.2) is 0 Å². The van der Waals surface area contributed by atoms with E-state index < -0.39 is 0 Å². The zero-order valence-electron chi connectivity index (χ0n) is 16.4. The average molecular weight is 429 g/mol. The maximum atomic E-state index is 12.8. The number of benzene rings is 2. The molecule has 2 heterocycles. The summed E-state index contributed by atoms with van der Waals surface area (Å²) in [7, 11) is 1.52. The molecule has 0 spiro atoms. The molecule has 8 nitrogen and oxygen atoms in total. The number of phenolic OH excluding ortho intramolecular Hbond substituents is 1. The third-order valence-corrected chi connectivity index (χ3v) is 5.27. The predicted octanol–water partition coefficient (Wildman–Crippen LogP) is 3.06. The highest BCUT2D eigenvalue weighted by molar-refractivity contribution is 6.30. The highest BCUT2D eigenvalue weighted by Gasteiger charge is 2.25. The van der Waals surface area contributed by atoms with E-state index in [0.717, 1.165) is 5.56 Å². The molecule has 1 aliphatic rings. The van der Waals surface area contributed by atoms with Crippen molar-refractivity contribution in [2.75, 3.05) is 33.3 Å². The van der Waals surface area contributed by atoms with E-state index in [2.05, 4.69) is 15.0 Å². The molecule has 156 valence electrons. The number of amides is 1. The van der Waals surface area contributed by atoms with Crippen molar-refractivity contribution in [3.63, 3.8) is 0 Å². The number of carbonyl (C=O) groups excluding carboxylic acids is 1. The Morgan fingerprint density at radius 2 is 1.90 bits per heavy atom. The summed E-state index contributed by atoms with van der Waals surface area (Å²) in [6, 6.07) is 11.9. The van der Waals surface area contributed by atoms with Crippen molar-refractivity contribution in [3.05, 3.63) is 58.9 Å². The van der Waals surface area contributed by atoms with Crippen molar-refractivity contribution in [3.8, 4) is 22.9 Å². The Labute approximate surface area is 178 Å². The minimum atomic E-state index is -0.214. The number of carbonyl (C=O) groups is 1. The third kappa shape index (κ3) is 4.39. The van der Waals surface area contributed by atoms with Crippen LogP contribution >= 0.6 is 11.6 Å². The molecule has 2 aromatic carbocycles. The molecule has 1 N–H and O–H groups in total. The first-order chi connectivity index (χ1) is 14.5. The number of nitrogens with zero attached hydrogens (tertiary/aromatic N) is 4. The van der Waals surface area contributed by atoms with Crippen molar-refractivity contribution in [1.29, 1.82) is 0 Å². The summed E-state index contributed by atoms with van der Waals surface area (Å²) in [6.07, 6.45) is 0. The van der Waals surface area contributed by atoms with Gasteiger partial charge in [-0.1, -0.05) is 16.8 Å². The number of ether oxygens (including phenoxy) is 1. The predicted molar refractivity (Wildman–Crippen MR) is 111 cm³/mol. The van der Waals surface area contributed by atoms with E-state index in [4.69, 9.17) is 20.9 Å². The van der Waals surface area contributed by atoms with Crippen LogP contribution in [0.2, 0.25) is 5.02 Å². The molecule has 3 aromatic rings. The highest BCUT2D eigenvalue weighted by Crippen LogP contribution is 2.25. The van der Waals surface area contributed by atoms with Gasteiger partial charge in [0, 0.05) is 36.8 Å². The van der Waals surface area contributed by atoms with Crippen molar-refractivity contribution in [2.24, 2.45) is 0 Å². The Balaban J connectivity index is 1.35. The first kappa shape index (κ1) is 20.2. The molecule has 0 aliphatic carbocycles. The third-order valence-electron chi connectivity index (χ3n) is 5.02. The molecule has 9 heteroatoms. The molecule has 1 aromatic heterocycles. The van der Waals surface area contributed by atoms with Gasteiger partial charge in [-0.25, -0.2) is 0 Å². The fraction of sp³-hybridized carbons (Fsp3) is 0.286. The van der Waals surface area contributed by atoms with E-state index in [9.17, 15) is 9.90 Å². The molecule has 4 rings (SSSR count). The van der Waals surface area contributed by atoms with E-state index in [-0.39, 0.29) is 17.2 Å². The number of aromatic hydroxyl groups is 1. The number of aromatic nitrogens is 2. The zero-order chi connectivity index (χ0) is 21.1. The summed E-state index contributed by atoms with van der Waals surface area (Å²) in [4.78, 5) is 21.1. The Morgan fingerprint density at radius 1 is 1.17 bits per heavy atom. The number of methoxy groups -OCH3 is 1. The van der Waals surface area contributed by atoms with Gasteiger partial charge in [0.1, 0.15) is 11.5 Å². The monoisotopic (exact) mass is 428 g/mol. The van der Waals surface area contributed by atoms with Crippen LogP contribution in [0.25, 0.3) is 11.4 Å². The number of phenols is 1. The van der Waals surface area contributed by atoms with Crippen LogP contribution in [-0.4, -0.2) is 64.2 Å². The van der Waals surface area contributed by atoms with Crippen molar-refractivity contribution < 1.29 is 19.2 Å². The van der Waals surface area contributed by atoms with Crippen LogP contribution in [0.1, 0.15) is 16.2 Å². The summed E-state index contributed by atoms with van der Waals surface area (Å²) >= 11 is 5.91. The lowest BCUT2D eigenvalue weighted by molar-refractivity contribution is 0.0612. The van der Waals surface area contributed by atoms with E-state index in [0.29, 0.717) is 55.2 Å². The maximum absolute atomic E-state index is 12.8. The van der Waals surface area contributed by atoms with Crippen LogP contribution in [0.15, 0.2) is 47.0 Å². The SMILES string of the molecule is COc1ccc(O)c(C(=O)N2CCN(Cc3nc(-c4ccc(Cl)cc4)no3)CC2)c1. The van der Waals surface area contributed by atoms with E-state index in [1.807, 2.05) is 12.1 Å². The second-order valence-electron chi connectivity index (χ2n) is 6.97. The first-order valence-corrected chi connectivity index (χ1v) is 9.88. The molecule has 30 heavy (non-hydrogen) atoms. The zero-order valence-corrected chi connectivity index (χ0v) is 17.2. The van der Waals surface area contributed by atoms with Crippen LogP contribution in [0.3, 0.4) is 0 Å². The summed E-state index contributed by atoms with van der Waals surface area (Å²) < 4.78 is 10.5. The number of piperazine rings is 1. The van der Waals surface area contributed by atoms with Crippen LogP contribution in [0.5, 0.6) is 11.5 Å². The molecule has 0 bridgehead atoms. The molecular weight excluding hydrogens is 408 g/mol. The molecule has 0 saturated carbocycles. The number of hydrogen-bond acceptors (Lipinski definition) is 7. The van der Waals surface area contributed by atoms with Crippen LogP contribution in [0.4, 0.5) is 0 Å². The van der Waals surface area contributed by atoms with Crippen molar-refractivity contribution >= 4 is 17.5 Å². The molecule has 1 saturated heterocycles. The lowest BCUT2D eigenvalue weighted by atomic mass is 10.1. The first-order valence-electron chi connectivity index (χ1n) is 9.50. The van der Waals surface area contributed by atoms with Gasteiger partial charge in [-0.3, -0.25) is 9.69 Å². The largest absolute Gasteiger partial charge is 0.507 e. The fourth-order valence-electron chi connectivity index (χ4n) is 3.32. The fourth-order valence-corrected chi connectivity index (χ4v) is 3.45. The standard InChI is InChI=1S/C21H21ClN4O4/c1-29-16-6-7-18(27)17(12-16)21(28)26-10-8-25(9-11-26)13-19-23-20(24-30-19)14-2-4-15(22)5-3-14/h2-7,12,27H,8-11,13H2,1H3. The smallest absolute Gasteiger partial charge is 0.257 e. The molecule has 1 aliphatic heterocycles. The lowest BCUT2D eigenvalue weighted by Gasteiger charge is -2.34. The number of halogens is 1. The Hall–Kier alpha value is -3.10. The minimum Gasteiger partial charge on any atom is -0.507 e. The van der Waals surface area contributed by atoms with E-state index >= 15 is 0 Å². The minimum absolute atomic E-state index is 0.0520. The quantitative estimate of drug-likeness (QED) is 0.667. The second-order valence-corrected chi connectivity index (χ2v) is 7.41. The van der Waals surface area contributed by atoms with Crippen molar-refractivity contribution in [2.45, 2.75) is 6.54 Å². The van der Waals surface area contributed by atoms with Crippen molar-refractivity contribution in [1.82, 2.24) is 19.9 Å². The van der Waals surface area contributed by atoms with Gasteiger partial charge in [-0.05, 0) is 42.5 Å². The van der Waals surface area contributed by atoms with Gasteiger partial charge in [-0.15, -0.1) is 0 Å². The highest BCUT2D eigenvalue weighted by atomic mass is 35.5. The van der Waals surface area contributed by atoms with Gasteiger partial charge in [-0.2, -0.15) is 4.98 Å². The van der Waals surface area contributed by atoms with Crippen LogP contribution in [0, 0.1) is 0 Å². The number of hydrogen-bond donors (Lipinski definition) is 1. The van der Waals surface area contributed by atoms with Gasteiger partial charge >= 0.3 is 0 Å².